The van der Waals surface area contributed by atoms with E-state index in [-0.39, 0.29) is 0 Å². The molecular formula is C9H18N2S. The van der Waals surface area contributed by atoms with E-state index in [1.54, 1.807) is 0 Å². The van der Waals surface area contributed by atoms with Gasteiger partial charge in [0.15, 0.2) is 0 Å². The molecule has 12 heavy (non-hydrogen) atoms. The lowest BCUT2D eigenvalue weighted by Crippen LogP contribution is -2.48. The van der Waals surface area contributed by atoms with E-state index >= 15 is 0 Å². The molecule has 2 aliphatic heterocycles. The summed E-state index contributed by atoms with van der Waals surface area (Å²) in [5.41, 5.74) is 0. The smallest absolute Gasteiger partial charge is 0.0672 e. The van der Waals surface area contributed by atoms with Crippen molar-refractivity contribution in [2.45, 2.75) is 37.1 Å². The Kier molecular flexibility index (Phi) is 2.63. The van der Waals surface area contributed by atoms with Crippen LogP contribution in [0.3, 0.4) is 0 Å². The highest BCUT2D eigenvalue weighted by Gasteiger charge is 2.38. The minimum atomic E-state index is 0.450. The summed E-state index contributed by atoms with van der Waals surface area (Å²) >= 11 is 2.15. The van der Waals surface area contributed by atoms with Crippen LogP contribution in [0, 0.1) is 0 Å². The second-order valence-corrected chi connectivity index (χ2v) is 5.21. The molecule has 70 valence electrons. The average molecular weight is 186 g/mol. The number of nitrogens with one attached hydrogen (secondary N) is 2. The van der Waals surface area contributed by atoms with E-state index in [1.807, 2.05) is 0 Å². The SMILES string of the molecule is CCC1CSC2(CCNCC2)N1. The molecule has 2 rings (SSSR count). The van der Waals surface area contributed by atoms with Crippen LogP contribution in [0.15, 0.2) is 0 Å². The summed E-state index contributed by atoms with van der Waals surface area (Å²) in [6.07, 6.45) is 3.88. The summed E-state index contributed by atoms with van der Waals surface area (Å²) in [6, 6.07) is 0.771. The van der Waals surface area contributed by atoms with Crippen LogP contribution in [0.1, 0.15) is 26.2 Å². The lowest BCUT2D eigenvalue weighted by molar-refractivity contribution is 0.339. The van der Waals surface area contributed by atoms with Gasteiger partial charge in [0.25, 0.3) is 0 Å². The Morgan fingerprint density at radius 1 is 1.42 bits per heavy atom. The first-order valence-corrected chi connectivity index (χ1v) is 5.95. The van der Waals surface area contributed by atoms with Crippen molar-refractivity contribution < 1.29 is 0 Å². The average Bonchev–Trinajstić information content (AvgIpc) is 2.50. The van der Waals surface area contributed by atoms with Gasteiger partial charge in [-0.05, 0) is 32.4 Å². The topological polar surface area (TPSA) is 24.1 Å². The number of piperidine rings is 1. The minimum absolute atomic E-state index is 0.450. The molecule has 2 N–H and O–H groups in total. The zero-order chi connectivity index (χ0) is 8.44. The molecule has 0 radical (unpaired) electrons. The van der Waals surface area contributed by atoms with Crippen LogP contribution in [0.25, 0.3) is 0 Å². The van der Waals surface area contributed by atoms with E-state index < -0.39 is 0 Å². The third-order valence-corrected chi connectivity index (χ3v) is 4.58. The maximum Gasteiger partial charge on any atom is 0.0672 e. The van der Waals surface area contributed by atoms with Crippen LogP contribution >= 0.6 is 11.8 Å². The number of rotatable bonds is 1. The molecule has 2 heterocycles. The van der Waals surface area contributed by atoms with E-state index in [4.69, 9.17) is 0 Å². The number of hydrogen-bond donors (Lipinski definition) is 2. The molecule has 0 aromatic rings. The van der Waals surface area contributed by atoms with Crippen LogP contribution in [-0.4, -0.2) is 29.8 Å². The first-order chi connectivity index (χ1) is 5.85. The fourth-order valence-electron chi connectivity index (χ4n) is 2.05. The highest BCUT2D eigenvalue weighted by Crippen LogP contribution is 2.37. The van der Waals surface area contributed by atoms with E-state index in [2.05, 4.69) is 29.3 Å². The largest absolute Gasteiger partial charge is 0.317 e. The van der Waals surface area contributed by atoms with Crippen molar-refractivity contribution in [1.29, 1.82) is 0 Å². The summed E-state index contributed by atoms with van der Waals surface area (Å²) < 4.78 is 0. The van der Waals surface area contributed by atoms with E-state index in [9.17, 15) is 0 Å². The fourth-order valence-corrected chi connectivity index (χ4v) is 3.64. The third-order valence-electron chi connectivity index (χ3n) is 2.93. The van der Waals surface area contributed by atoms with Crippen LogP contribution < -0.4 is 10.6 Å². The molecule has 0 amide bonds. The lowest BCUT2D eigenvalue weighted by atomic mass is 10.0. The molecule has 2 saturated heterocycles. The molecule has 0 bridgehead atoms. The maximum absolute atomic E-state index is 3.78. The number of thioether (sulfide) groups is 1. The molecule has 3 heteroatoms. The lowest BCUT2D eigenvalue weighted by Gasteiger charge is -2.33. The summed E-state index contributed by atoms with van der Waals surface area (Å²) in [6.45, 7) is 4.66. The van der Waals surface area contributed by atoms with Gasteiger partial charge in [-0.1, -0.05) is 6.92 Å². The normalized spacial score (nSPS) is 34.2. The van der Waals surface area contributed by atoms with Crippen molar-refractivity contribution in [2.75, 3.05) is 18.8 Å². The quantitative estimate of drug-likeness (QED) is 0.643. The van der Waals surface area contributed by atoms with Crippen molar-refractivity contribution in [1.82, 2.24) is 10.6 Å². The monoisotopic (exact) mass is 186 g/mol. The Morgan fingerprint density at radius 3 is 2.75 bits per heavy atom. The molecule has 1 spiro atoms. The molecule has 0 aromatic heterocycles. The Balaban J connectivity index is 1.94. The van der Waals surface area contributed by atoms with E-state index in [0.29, 0.717) is 4.87 Å². The fraction of sp³-hybridized carbons (Fsp3) is 1.00. The molecule has 0 aliphatic carbocycles. The van der Waals surface area contributed by atoms with Gasteiger partial charge in [-0.2, -0.15) is 0 Å². The van der Waals surface area contributed by atoms with Crippen molar-refractivity contribution >= 4 is 11.8 Å². The Hall–Kier alpha value is 0.270. The van der Waals surface area contributed by atoms with Crippen molar-refractivity contribution in [3.63, 3.8) is 0 Å². The van der Waals surface area contributed by atoms with Gasteiger partial charge in [-0.15, -0.1) is 11.8 Å². The van der Waals surface area contributed by atoms with Crippen molar-refractivity contribution in [3.05, 3.63) is 0 Å². The molecule has 1 unspecified atom stereocenters. The van der Waals surface area contributed by atoms with Gasteiger partial charge in [0.05, 0.1) is 4.87 Å². The van der Waals surface area contributed by atoms with Gasteiger partial charge >= 0.3 is 0 Å². The second-order valence-electron chi connectivity index (χ2n) is 3.80. The highest BCUT2D eigenvalue weighted by atomic mass is 32.2. The predicted molar refractivity (Wildman–Crippen MR) is 54.5 cm³/mol. The Morgan fingerprint density at radius 2 is 2.17 bits per heavy atom. The molecule has 2 aliphatic rings. The van der Waals surface area contributed by atoms with Crippen LogP contribution in [0.5, 0.6) is 0 Å². The summed E-state index contributed by atoms with van der Waals surface area (Å²) in [7, 11) is 0. The molecule has 0 aromatic carbocycles. The molecular weight excluding hydrogens is 168 g/mol. The van der Waals surface area contributed by atoms with Crippen molar-refractivity contribution in [3.8, 4) is 0 Å². The molecule has 0 saturated carbocycles. The van der Waals surface area contributed by atoms with Gasteiger partial charge in [0.1, 0.15) is 0 Å². The summed E-state index contributed by atoms with van der Waals surface area (Å²) in [4.78, 5) is 0.450. The van der Waals surface area contributed by atoms with E-state index in [0.717, 1.165) is 6.04 Å². The molecule has 2 fully saturated rings. The third kappa shape index (κ3) is 1.63. The first kappa shape index (κ1) is 8.85. The zero-order valence-corrected chi connectivity index (χ0v) is 8.54. The van der Waals surface area contributed by atoms with Gasteiger partial charge in [0.2, 0.25) is 0 Å². The maximum atomic E-state index is 3.78. The zero-order valence-electron chi connectivity index (χ0n) is 7.73. The minimum Gasteiger partial charge on any atom is -0.317 e. The van der Waals surface area contributed by atoms with Gasteiger partial charge in [-0.3, -0.25) is 5.32 Å². The summed E-state index contributed by atoms with van der Waals surface area (Å²) in [5, 5.41) is 7.19. The van der Waals surface area contributed by atoms with Gasteiger partial charge in [-0.25, -0.2) is 0 Å². The highest BCUT2D eigenvalue weighted by molar-refractivity contribution is 8.00. The molecule has 1 atom stereocenters. The Bertz CT molecular complexity index is 155. The second kappa shape index (κ2) is 3.56. The van der Waals surface area contributed by atoms with Crippen LogP contribution in [0.2, 0.25) is 0 Å². The molecule has 2 nitrogen and oxygen atoms in total. The van der Waals surface area contributed by atoms with Crippen molar-refractivity contribution in [2.24, 2.45) is 0 Å². The summed E-state index contributed by atoms with van der Waals surface area (Å²) in [5.74, 6) is 1.32. The van der Waals surface area contributed by atoms with E-state index in [1.165, 1.54) is 38.1 Å². The number of hydrogen-bond acceptors (Lipinski definition) is 3. The van der Waals surface area contributed by atoms with Crippen LogP contribution in [-0.2, 0) is 0 Å². The van der Waals surface area contributed by atoms with Crippen LogP contribution in [0.4, 0.5) is 0 Å². The van der Waals surface area contributed by atoms with Gasteiger partial charge in [0, 0.05) is 11.8 Å². The Labute approximate surface area is 78.9 Å². The first-order valence-electron chi connectivity index (χ1n) is 4.97. The van der Waals surface area contributed by atoms with Gasteiger partial charge < -0.3 is 5.32 Å². The predicted octanol–water partition coefficient (Wildman–Crippen LogP) is 1.18. The standard InChI is InChI=1S/C9H18N2S/c1-2-8-7-12-9(11-8)3-5-10-6-4-9/h8,10-11H,2-7H2,1H3.